The Bertz CT molecular complexity index is 328. The number of rotatable bonds is 1. The Kier molecular flexibility index (Phi) is 3.91. The monoisotopic (exact) mass is 265 g/mol. The SMILES string of the molecule is CC(C)(C)OC(=O)N1CC[C@@](C)(CO)C(F)(F)C1. The van der Waals surface area contributed by atoms with Gasteiger partial charge in [0.2, 0.25) is 0 Å². The van der Waals surface area contributed by atoms with Gasteiger partial charge in [0.1, 0.15) is 5.60 Å². The largest absolute Gasteiger partial charge is 0.444 e. The van der Waals surface area contributed by atoms with Gasteiger partial charge in [0.05, 0.1) is 18.6 Å². The van der Waals surface area contributed by atoms with E-state index in [1.54, 1.807) is 20.8 Å². The summed E-state index contributed by atoms with van der Waals surface area (Å²) in [6, 6.07) is 0. The fourth-order valence-electron chi connectivity index (χ4n) is 1.75. The Morgan fingerprint density at radius 3 is 2.39 bits per heavy atom. The number of ether oxygens (including phenoxy) is 1. The van der Waals surface area contributed by atoms with Crippen LogP contribution in [0.5, 0.6) is 0 Å². The molecule has 0 unspecified atom stereocenters. The van der Waals surface area contributed by atoms with E-state index in [2.05, 4.69) is 0 Å². The van der Waals surface area contributed by atoms with E-state index in [1.807, 2.05) is 0 Å². The van der Waals surface area contributed by atoms with Crippen LogP contribution in [-0.2, 0) is 4.74 Å². The van der Waals surface area contributed by atoms with Crippen LogP contribution >= 0.6 is 0 Å². The van der Waals surface area contributed by atoms with Crippen molar-refractivity contribution < 1.29 is 23.4 Å². The highest BCUT2D eigenvalue weighted by atomic mass is 19.3. The Labute approximate surface area is 106 Å². The molecule has 0 aromatic rings. The molecule has 1 fully saturated rings. The molecule has 6 heteroatoms. The summed E-state index contributed by atoms with van der Waals surface area (Å²) in [6.45, 7) is 5.25. The first-order valence-corrected chi connectivity index (χ1v) is 5.97. The second kappa shape index (κ2) is 4.64. The summed E-state index contributed by atoms with van der Waals surface area (Å²) < 4.78 is 32.8. The molecule has 1 heterocycles. The quantitative estimate of drug-likeness (QED) is 0.791. The van der Waals surface area contributed by atoms with E-state index in [0.717, 1.165) is 4.90 Å². The first-order valence-electron chi connectivity index (χ1n) is 5.97. The topological polar surface area (TPSA) is 49.8 Å². The van der Waals surface area contributed by atoms with Crippen molar-refractivity contribution in [2.75, 3.05) is 19.7 Å². The molecular formula is C12H21F2NO3. The molecule has 18 heavy (non-hydrogen) atoms. The van der Waals surface area contributed by atoms with Crippen LogP contribution in [0.4, 0.5) is 13.6 Å². The van der Waals surface area contributed by atoms with Crippen molar-refractivity contribution >= 4 is 6.09 Å². The van der Waals surface area contributed by atoms with Crippen LogP contribution in [0.25, 0.3) is 0 Å². The number of nitrogens with zero attached hydrogens (tertiary/aromatic N) is 1. The number of hydrogen-bond acceptors (Lipinski definition) is 3. The zero-order valence-corrected chi connectivity index (χ0v) is 11.3. The van der Waals surface area contributed by atoms with Gasteiger partial charge >= 0.3 is 6.09 Å². The van der Waals surface area contributed by atoms with Crippen LogP contribution in [0.15, 0.2) is 0 Å². The van der Waals surface area contributed by atoms with Crippen molar-refractivity contribution in [1.29, 1.82) is 0 Å². The lowest BCUT2D eigenvalue weighted by molar-refractivity contribution is -0.173. The smallest absolute Gasteiger partial charge is 0.410 e. The molecule has 0 radical (unpaired) electrons. The molecule has 1 saturated heterocycles. The van der Waals surface area contributed by atoms with Crippen LogP contribution in [0.3, 0.4) is 0 Å². The lowest BCUT2D eigenvalue weighted by Gasteiger charge is -2.44. The minimum Gasteiger partial charge on any atom is -0.444 e. The third kappa shape index (κ3) is 3.10. The Morgan fingerprint density at radius 1 is 1.44 bits per heavy atom. The fraction of sp³-hybridized carbons (Fsp3) is 0.917. The molecule has 0 bridgehead atoms. The summed E-state index contributed by atoms with van der Waals surface area (Å²) in [4.78, 5) is 12.7. The molecule has 0 saturated carbocycles. The van der Waals surface area contributed by atoms with Gasteiger partial charge in [0.25, 0.3) is 5.92 Å². The Balaban J connectivity index is 2.73. The Hall–Kier alpha value is -0.910. The van der Waals surface area contributed by atoms with E-state index in [9.17, 15) is 13.6 Å². The second-order valence-corrected chi connectivity index (χ2v) is 6.08. The number of carbonyl (C=O) groups is 1. The van der Waals surface area contributed by atoms with Gasteiger partial charge in [-0.3, -0.25) is 0 Å². The molecule has 0 spiro atoms. The molecule has 1 rings (SSSR count). The second-order valence-electron chi connectivity index (χ2n) is 6.08. The fourth-order valence-corrected chi connectivity index (χ4v) is 1.75. The van der Waals surface area contributed by atoms with Crippen LogP contribution < -0.4 is 0 Å². The average Bonchev–Trinajstić information content (AvgIpc) is 2.19. The molecule has 1 aliphatic rings. The number of aliphatic hydroxyl groups excluding tert-OH is 1. The lowest BCUT2D eigenvalue weighted by atomic mass is 9.78. The molecule has 1 aliphatic heterocycles. The average molecular weight is 265 g/mol. The van der Waals surface area contributed by atoms with E-state index in [0.29, 0.717) is 0 Å². The van der Waals surface area contributed by atoms with Crippen molar-refractivity contribution in [3.05, 3.63) is 0 Å². The summed E-state index contributed by atoms with van der Waals surface area (Å²) in [6.07, 6.45) is -0.683. The molecule has 1 N–H and O–H groups in total. The number of piperidine rings is 1. The van der Waals surface area contributed by atoms with Crippen molar-refractivity contribution in [1.82, 2.24) is 4.90 Å². The molecule has 1 amide bonds. The number of aliphatic hydroxyl groups is 1. The van der Waals surface area contributed by atoms with Gasteiger partial charge in [0.15, 0.2) is 0 Å². The van der Waals surface area contributed by atoms with E-state index >= 15 is 0 Å². The van der Waals surface area contributed by atoms with E-state index in [-0.39, 0.29) is 13.0 Å². The highest BCUT2D eigenvalue weighted by molar-refractivity contribution is 5.68. The molecule has 4 nitrogen and oxygen atoms in total. The van der Waals surface area contributed by atoms with Crippen LogP contribution in [-0.4, -0.2) is 47.3 Å². The lowest BCUT2D eigenvalue weighted by Crippen LogP contribution is -2.57. The maximum Gasteiger partial charge on any atom is 0.410 e. The van der Waals surface area contributed by atoms with E-state index in [1.165, 1.54) is 6.92 Å². The minimum absolute atomic E-state index is 0.0513. The number of halogens is 2. The standard InChI is InChI=1S/C12H21F2NO3/c1-10(2,3)18-9(17)15-6-5-11(4,8-16)12(13,14)7-15/h16H,5-8H2,1-4H3/t11-/m0/s1. The highest BCUT2D eigenvalue weighted by Gasteiger charge is 2.54. The van der Waals surface area contributed by atoms with Crippen molar-refractivity contribution in [3.63, 3.8) is 0 Å². The number of hydrogen-bond donors (Lipinski definition) is 1. The van der Waals surface area contributed by atoms with E-state index in [4.69, 9.17) is 9.84 Å². The van der Waals surface area contributed by atoms with Gasteiger partial charge in [-0.2, -0.15) is 0 Å². The van der Waals surface area contributed by atoms with E-state index < -0.39 is 36.2 Å². The third-order valence-corrected chi connectivity index (χ3v) is 3.21. The first kappa shape index (κ1) is 15.1. The zero-order valence-electron chi connectivity index (χ0n) is 11.3. The predicted octanol–water partition coefficient (Wildman–Crippen LogP) is 2.26. The van der Waals surface area contributed by atoms with Gasteiger partial charge in [-0.15, -0.1) is 0 Å². The first-order chi connectivity index (χ1) is 8.01. The maximum absolute atomic E-state index is 13.9. The van der Waals surface area contributed by atoms with Crippen LogP contribution in [0.1, 0.15) is 34.1 Å². The Morgan fingerprint density at radius 2 is 2.00 bits per heavy atom. The number of carbonyl (C=O) groups excluding carboxylic acids is 1. The summed E-state index contributed by atoms with van der Waals surface area (Å²) in [5.41, 5.74) is -2.17. The van der Waals surface area contributed by atoms with Gasteiger partial charge in [-0.1, -0.05) is 6.92 Å². The van der Waals surface area contributed by atoms with Gasteiger partial charge in [0, 0.05) is 6.54 Å². The molecule has 0 aliphatic carbocycles. The van der Waals surface area contributed by atoms with Crippen molar-refractivity contribution in [2.24, 2.45) is 5.41 Å². The third-order valence-electron chi connectivity index (χ3n) is 3.21. The predicted molar refractivity (Wildman–Crippen MR) is 62.6 cm³/mol. The zero-order chi connectivity index (χ0) is 14.2. The molecule has 106 valence electrons. The molecular weight excluding hydrogens is 244 g/mol. The number of amides is 1. The van der Waals surface area contributed by atoms with Gasteiger partial charge in [-0.25, -0.2) is 13.6 Å². The van der Waals surface area contributed by atoms with Gasteiger partial charge in [-0.05, 0) is 27.2 Å². The summed E-state index contributed by atoms with van der Waals surface area (Å²) in [5, 5.41) is 9.08. The van der Waals surface area contributed by atoms with Crippen molar-refractivity contribution in [3.8, 4) is 0 Å². The molecule has 0 aromatic carbocycles. The molecule has 1 atom stereocenters. The maximum atomic E-state index is 13.9. The van der Waals surface area contributed by atoms with Crippen LogP contribution in [0.2, 0.25) is 0 Å². The molecule has 0 aromatic heterocycles. The summed E-state index contributed by atoms with van der Waals surface area (Å²) in [7, 11) is 0. The summed E-state index contributed by atoms with van der Waals surface area (Å²) >= 11 is 0. The highest BCUT2D eigenvalue weighted by Crippen LogP contribution is 2.43. The number of alkyl halides is 2. The van der Waals surface area contributed by atoms with Crippen molar-refractivity contribution in [2.45, 2.75) is 45.6 Å². The van der Waals surface area contributed by atoms with Gasteiger partial charge < -0.3 is 14.7 Å². The normalized spacial score (nSPS) is 28.1. The van der Waals surface area contributed by atoms with Crippen LogP contribution in [0, 0.1) is 5.41 Å². The minimum atomic E-state index is -3.11. The summed E-state index contributed by atoms with van der Waals surface area (Å²) in [5.74, 6) is -3.11. The number of likely N-dealkylation sites (tertiary alicyclic amines) is 1.